The summed E-state index contributed by atoms with van der Waals surface area (Å²) in [6, 6.07) is 11.0. The summed E-state index contributed by atoms with van der Waals surface area (Å²) in [5.74, 6) is -0.518. The Labute approximate surface area is 121 Å². The van der Waals surface area contributed by atoms with Gasteiger partial charge in [-0.25, -0.2) is 4.98 Å². The van der Waals surface area contributed by atoms with Gasteiger partial charge >= 0.3 is 5.97 Å². The number of halogens is 1. The zero-order valence-electron chi connectivity index (χ0n) is 10.8. The van der Waals surface area contributed by atoms with Gasteiger partial charge in [0.15, 0.2) is 6.10 Å². The topological polar surface area (TPSA) is 63.0 Å². The Kier molecular flexibility index (Phi) is 4.02. The summed E-state index contributed by atoms with van der Waals surface area (Å²) < 4.78 is 5.13. The highest BCUT2D eigenvalue weighted by molar-refractivity contribution is 6.30. The molecule has 0 aliphatic heterocycles. The Morgan fingerprint density at radius 1 is 1.50 bits per heavy atom. The highest BCUT2D eigenvalue weighted by Gasteiger charge is 2.22. The Morgan fingerprint density at radius 2 is 2.20 bits per heavy atom. The highest BCUT2D eigenvalue weighted by Crippen LogP contribution is 2.32. The van der Waals surface area contributed by atoms with Gasteiger partial charge in [0.2, 0.25) is 0 Å². The van der Waals surface area contributed by atoms with Gasteiger partial charge in [-0.1, -0.05) is 36.4 Å². The number of nitrogens with zero attached hydrogens (tertiary/aromatic N) is 2. The van der Waals surface area contributed by atoms with E-state index >= 15 is 0 Å². The van der Waals surface area contributed by atoms with Crippen molar-refractivity contribution >= 4 is 28.5 Å². The number of fused-ring (bicyclic) bond motifs is 1. The molecule has 0 N–H and O–H groups in total. The number of carbonyl (C=O) groups is 1. The van der Waals surface area contributed by atoms with Crippen LogP contribution in [-0.4, -0.2) is 11.0 Å². The average molecular weight is 287 g/mol. The van der Waals surface area contributed by atoms with E-state index in [0.29, 0.717) is 5.56 Å². The molecule has 2 aromatic rings. The Morgan fingerprint density at radius 3 is 2.85 bits per heavy atom. The lowest BCUT2D eigenvalue weighted by Crippen LogP contribution is -2.11. The van der Waals surface area contributed by atoms with Crippen molar-refractivity contribution < 1.29 is 9.53 Å². The molecule has 0 radical (unpaired) electrons. The predicted molar refractivity (Wildman–Crippen MR) is 76.0 cm³/mol. The fourth-order valence-electron chi connectivity index (χ4n) is 1.84. The van der Waals surface area contributed by atoms with Gasteiger partial charge in [-0.3, -0.25) is 4.79 Å². The molecular formula is C15H11ClN2O2. The van der Waals surface area contributed by atoms with Crippen LogP contribution in [0.25, 0.3) is 10.9 Å². The molecule has 100 valence electrons. The monoisotopic (exact) mass is 286 g/mol. The summed E-state index contributed by atoms with van der Waals surface area (Å²) in [7, 11) is 0. The number of carbonyl (C=O) groups excluding carboxylic acids is 1. The Bertz CT molecular complexity index is 734. The van der Waals surface area contributed by atoms with Crippen LogP contribution >= 0.6 is 11.6 Å². The first kappa shape index (κ1) is 14.0. The van der Waals surface area contributed by atoms with Gasteiger partial charge in [0.1, 0.15) is 5.15 Å². The van der Waals surface area contributed by atoms with Crippen molar-refractivity contribution in [3.63, 3.8) is 0 Å². The van der Waals surface area contributed by atoms with E-state index in [1.807, 2.05) is 30.3 Å². The van der Waals surface area contributed by atoms with Gasteiger partial charge in [0.25, 0.3) is 0 Å². The second-order valence-electron chi connectivity index (χ2n) is 4.19. The lowest BCUT2D eigenvalue weighted by atomic mass is 10.0. The van der Waals surface area contributed by atoms with Gasteiger partial charge in [-0.2, -0.15) is 5.26 Å². The molecule has 1 aromatic heterocycles. The minimum atomic E-state index is -0.915. The summed E-state index contributed by atoms with van der Waals surface area (Å²) >= 11 is 6.13. The number of hydrogen-bond donors (Lipinski definition) is 0. The van der Waals surface area contributed by atoms with Crippen molar-refractivity contribution in [2.24, 2.45) is 0 Å². The van der Waals surface area contributed by atoms with Crippen LogP contribution in [0.2, 0.25) is 5.15 Å². The summed E-state index contributed by atoms with van der Waals surface area (Å²) in [5, 5.41) is 10.0. The van der Waals surface area contributed by atoms with Crippen molar-refractivity contribution in [2.45, 2.75) is 13.0 Å². The molecule has 0 amide bonds. The largest absolute Gasteiger partial charge is 0.452 e. The fourth-order valence-corrected chi connectivity index (χ4v) is 2.08. The van der Waals surface area contributed by atoms with Crippen LogP contribution in [0, 0.1) is 11.3 Å². The van der Waals surface area contributed by atoms with Crippen molar-refractivity contribution in [3.8, 4) is 6.07 Å². The molecule has 0 saturated carbocycles. The number of esters is 1. The van der Waals surface area contributed by atoms with Crippen LogP contribution in [0.3, 0.4) is 0 Å². The molecule has 1 unspecified atom stereocenters. The molecule has 1 atom stereocenters. The predicted octanol–water partition coefficient (Wildman–Crippen LogP) is 3.57. The minimum Gasteiger partial charge on any atom is -0.452 e. The van der Waals surface area contributed by atoms with Crippen LogP contribution in [0.15, 0.2) is 42.5 Å². The number of rotatable bonds is 3. The van der Waals surface area contributed by atoms with E-state index in [1.165, 1.54) is 6.92 Å². The normalized spacial score (nSPS) is 11.7. The molecule has 0 aliphatic rings. The Balaban J connectivity index is 2.58. The molecule has 20 heavy (non-hydrogen) atoms. The third-order valence-electron chi connectivity index (χ3n) is 2.73. The van der Waals surface area contributed by atoms with Crippen LogP contribution in [-0.2, 0) is 9.53 Å². The molecule has 1 aromatic carbocycles. The number of ether oxygens (including phenoxy) is 1. The number of para-hydroxylation sites is 1. The molecule has 1 heterocycles. The highest BCUT2D eigenvalue weighted by atomic mass is 35.5. The second-order valence-corrected chi connectivity index (χ2v) is 4.55. The van der Waals surface area contributed by atoms with Crippen molar-refractivity contribution in [1.29, 1.82) is 5.26 Å². The summed E-state index contributed by atoms with van der Waals surface area (Å²) in [4.78, 5) is 15.4. The second kappa shape index (κ2) is 5.72. The number of pyridine rings is 1. The molecule has 0 fully saturated rings. The molecule has 4 nitrogen and oxygen atoms in total. The third kappa shape index (κ3) is 2.79. The standard InChI is InChI=1S/C15H11ClN2O2/c1-9(8-17)14(20-10(2)19)12-7-11-5-3-4-6-13(11)18-15(12)16/h3-7,14H,1H2,2H3. The maximum Gasteiger partial charge on any atom is 0.303 e. The Hall–Kier alpha value is -2.38. The summed E-state index contributed by atoms with van der Waals surface area (Å²) in [5.41, 5.74) is 1.27. The minimum absolute atomic E-state index is 0.0965. The van der Waals surface area contributed by atoms with E-state index < -0.39 is 12.1 Å². The molecule has 0 spiro atoms. The van der Waals surface area contributed by atoms with Gasteiger partial charge in [-0.05, 0) is 12.1 Å². The van der Waals surface area contributed by atoms with E-state index in [2.05, 4.69) is 11.6 Å². The first-order chi connectivity index (χ1) is 9.52. The molecule has 0 bridgehead atoms. The first-order valence-corrected chi connectivity index (χ1v) is 6.22. The van der Waals surface area contributed by atoms with Crippen molar-refractivity contribution in [3.05, 3.63) is 53.2 Å². The lowest BCUT2D eigenvalue weighted by molar-refractivity contribution is -0.144. The number of aromatic nitrogens is 1. The van der Waals surface area contributed by atoms with E-state index in [0.717, 1.165) is 10.9 Å². The average Bonchev–Trinajstić information content (AvgIpc) is 2.43. The number of benzene rings is 1. The fraction of sp³-hybridized carbons (Fsp3) is 0.133. The molecule has 0 aliphatic carbocycles. The molecular weight excluding hydrogens is 276 g/mol. The van der Waals surface area contributed by atoms with E-state index in [-0.39, 0.29) is 10.7 Å². The van der Waals surface area contributed by atoms with Gasteiger partial charge < -0.3 is 4.74 Å². The quantitative estimate of drug-likeness (QED) is 0.491. The van der Waals surface area contributed by atoms with Gasteiger partial charge in [0.05, 0.1) is 17.2 Å². The smallest absolute Gasteiger partial charge is 0.303 e. The number of hydrogen-bond acceptors (Lipinski definition) is 4. The van der Waals surface area contributed by atoms with Crippen LogP contribution in [0.5, 0.6) is 0 Å². The van der Waals surface area contributed by atoms with E-state index in [9.17, 15) is 4.79 Å². The molecule has 5 heteroatoms. The number of nitriles is 1. The maximum atomic E-state index is 11.2. The van der Waals surface area contributed by atoms with E-state index in [4.69, 9.17) is 21.6 Å². The van der Waals surface area contributed by atoms with Crippen molar-refractivity contribution in [2.75, 3.05) is 0 Å². The van der Waals surface area contributed by atoms with Gasteiger partial charge in [-0.15, -0.1) is 0 Å². The lowest BCUT2D eigenvalue weighted by Gasteiger charge is -2.17. The van der Waals surface area contributed by atoms with Crippen molar-refractivity contribution in [1.82, 2.24) is 4.98 Å². The van der Waals surface area contributed by atoms with E-state index in [1.54, 1.807) is 6.07 Å². The summed E-state index contributed by atoms with van der Waals surface area (Å²) in [6.07, 6.45) is -0.915. The summed E-state index contributed by atoms with van der Waals surface area (Å²) in [6.45, 7) is 4.86. The van der Waals surface area contributed by atoms with Gasteiger partial charge in [0, 0.05) is 17.9 Å². The van der Waals surface area contributed by atoms with Crippen LogP contribution in [0.1, 0.15) is 18.6 Å². The zero-order valence-corrected chi connectivity index (χ0v) is 11.5. The molecule has 2 rings (SSSR count). The zero-order chi connectivity index (χ0) is 14.7. The van der Waals surface area contributed by atoms with Crippen LogP contribution in [0.4, 0.5) is 0 Å². The maximum absolute atomic E-state index is 11.2. The van der Waals surface area contributed by atoms with Crippen LogP contribution < -0.4 is 0 Å². The molecule has 0 saturated heterocycles. The third-order valence-corrected chi connectivity index (χ3v) is 3.03. The first-order valence-electron chi connectivity index (χ1n) is 5.84. The SMILES string of the molecule is C=C(C#N)C(OC(C)=O)c1cc2ccccc2nc1Cl.